The summed E-state index contributed by atoms with van der Waals surface area (Å²) in [6, 6.07) is 5.11. The molecule has 6 nitrogen and oxygen atoms in total. The highest BCUT2D eigenvalue weighted by Crippen LogP contribution is 2.43. The molecular weight excluding hydrogens is 363 g/mol. The fraction of sp³-hybridized carbons (Fsp3) is 0.400. The van der Waals surface area contributed by atoms with E-state index in [1.165, 1.54) is 18.2 Å². The van der Waals surface area contributed by atoms with Gasteiger partial charge < -0.3 is 9.84 Å². The van der Waals surface area contributed by atoms with Gasteiger partial charge in [-0.05, 0) is 18.1 Å². The molecule has 138 valence electrons. The van der Waals surface area contributed by atoms with Crippen LogP contribution in [0.5, 0.6) is 5.75 Å². The summed E-state index contributed by atoms with van der Waals surface area (Å²) in [4.78, 5) is 10.6. The van der Waals surface area contributed by atoms with Crippen LogP contribution in [0.25, 0.3) is 4.91 Å². The van der Waals surface area contributed by atoms with Crippen LogP contribution in [0.2, 0.25) is 0 Å². The molecule has 1 unspecified atom stereocenters. The predicted octanol–water partition coefficient (Wildman–Crippen LogP) is 2.38. The molecule has 25 heavy (non-hydrogen) atoms. The minimum atomic E-state index is -5.10. The molecule has 0 bridgehead atoms. The van der Waals surface area contributed by atoms with Gasteiger partial charge in [-0.15, -0.1) is 0 Å². The number of halogens is 3. The third-order valence-corrected chi connectivity index (χ3v) is 4.89. The molecule has 1 aromatic rings. The van der Waals surface area contributed by atoms with E-state index in [2.05, 4.69) is 4.72 Å². The number of rotatable bonds is 5. The quantitative estimate of drug-likeness (QED) is 0.820. The number of carboxylic acid groups (broad SMARTS) is 1. The van der Waals surface area contributed by atoms with Gasteiger partial charge in [0.25, 0.3) is 0 Å². The average molecular weight is 379 g/mol. The van der Waals surface area contributed by atoms with E-state index in [-0.39, 0.29) is 23.8 Å². The average Bonchev–Trinajstić information content (AvgIpc) is 2.50. The Hall–Kier alpha value is -2.07. The van der Waals surface area contributed by atoms with Crippen molar-refractivity contribution >= 4 is 20.9 Å². The molecule has 0 radical (unpaired) electrons. The van der Waals surface area contributed by atoms with Crippen LogP contribution in [0.3, 0.4) is 0 Å². The molecule has 0 aliphatic carbocycles. The highest BCUT2D eigenvalue weighted by molar-refractivity contribution is 7.99. The first-order chi connectivity index (χ1) is 11.4. The summed E-state index contributed by atoms with van der Waals surface area (Å²) < 4.78 is 71.9. The van der Waals surface area contributed by atoms with Crippen molar-refractivity contribution in [2.75, 3.05) is 6.54 Å². The Kier molecular flexibility index (Phi) is 5.14. The van der Waals surface area contributed by atoms with Crippen molar-refractivity contribution < 1.29 is 36.2 Å². The monoisotopic (exact) mass is 379 g/mol. The molecule has 1 atom stereocenters. The van der Waals surface area contributed by atoms with E-state index in [0.717, 1.165) is 6.07 Å². The predicted molar refractivity (Wildman–Crippen MR) is 83.2 cm³/mol. The number of nitrogens with one attached hydrogen (secondary N) is 1. The molecule has 0 amide bonds. The lowest BCUT2D eigenvalue weighted by atomic mass is 10.0. The summed E-state index contributed by atoms with van der Waals surface area (Å²) in [6.07, 6.45) is -7.98. The van der Waals surface area contributed by atoms with E-state index in [1.807, 2.05) is 0 Å². The number of carboxylic acids is 1. The van der Waals surface area contributed by atoms with Crippen molar-refractivity contribution in [3.8, 4) is 5.75 Å². The molecule has 1 aromatic carbocycles. The van der Waals surface area contributed by atoms with Crippen molar-refractivity contribution in [3.63, 3.8) is 0 Å². The Labute approximate surface area is 142 Å². The van der Waals surface area contributed by atoms with Crippen LogP contribution in [0.1, 0.15) is 19.4 Å². The maximum absolute atomic E-state index is 13.3. The van der Waals surface area contributed by atoms with Crippen LogP contribution >= 0.6 is 0 Å². The van der Waals surface area contributed by atoms with Crippen LogP contribution in [0.4, 0.5) is 13.2 Å². The molecule has 0 saturated carbocycles. The van der Waals surface area contributed by atoms with Gasteiger partial charge in [-0.25, -0.2) is 17.9 Å². The standard InChI is InChI=1S/C15H16F3NO5S/c1-8(2)7-19-25(22,23)12-9-5-3-4-6-10(9)24-13(15(16,17)18)11(12)14(20)21/h3-6,8,13,19H,7H2,1-2H3,(H,20,21). The number of ether oxygens (including phenoxy) is 1. The lowest BCUT2D eigenvalue weighted by Crippen LogP contribution is -2.43. The lowest BCUT2D eigenvalue weighted by Gasteiger charge is -2.30. The van der Waals surface area contributed by atoms with E-state index in [0.29, 0.717) is 0 Å². The zero-order valence-electron chi connectivity index (χ0n) is 13.3. The van der Waals surface area contributed by atoms with Crippen LogP contribution in [0.15, 0.2) is 29.8 Å². The zero-order valence-corrected chi connectivity index (χ0v) is 14.1. The van der Waals surface area contributed by atoms with Gasteiger partial charge in [0.1, 0.15) is 16.2 Å². The van der Waals surface area contributed by atoms with Crippen molar-refractivity contribution in [1.29, 1.82) is 0 Å². The topological polar surface area (TPSA) is 92.7 Å². The molecule has 1 aliphatic heterocycles. The summed E-state index contributed by atoms with van der Waals surface area (Å²) >= 11 is 0. The van der Waals surface area contributed by atoms with E-state index in [1.54, 1.807) is 13.8 Å². The summed E-state index contributed by atoms with van der Waals surface area (Å²) in [5.74, 6) is -2.49. The van der Waals surface area contributed by atoms with Crippen LogP contribution in [0, 0.1) is 5.92 Å². The number of hydrogen-bond acceptors (Lipinski definition) is 4. The van der Waals surface area contributed by atoms with Crippen LogP contribution in [-0.2, 0) is 14.8 Å². The Bertz CT molecular complexity index is 815. The molecule has 1 heterocycles. The Morgan fingerprint density at radius 1 is 1.32 bits per heavy atom. The molecule has 2 N–H and O–H groups in total. The van der Waals surface area contributed by atoms with Gasteiger partial charge in [0.05, 0.1) is 0 Å². The van der Waals surface area contributed by atoms with Gasteiger partial charge in [0.15, 0.2) is 0 Å². The number of fused-ring (bicyclic) bond motifs is 1. The number of aliphatic carboxylic acids is 1. The summed E-state index contributed by atoms with van der Waals surface area (Å²) in [6.45, 7) is 3.34. The largest absolute Gasteiger partial charge is 0.478 e. The molecule has 10 heteroatoms. The molecule has 0 spiro atoms. The van der Waals surface area contributed by atoms with E-state index in [4.69, 9.17) is 4.74 Å². The van der Waals surface area contributed by atoms with Crippen molar-refractivity contribution in [2.45, 2.75) is 26.1 Å². The van der Waals surface area contributed by atoms with Crippen LogP contribution < -0.4 is 9.46 Å². The second-order valence-corrected chi connectivity index (χ2v) is 7.53. The Morgan fingerprint density at radius 2 is 1.92 bits per heavy atom. The highest BCUT2D eigenvalue weighted by Gasteiger charge is 2.52. The smallest absolute Gasteiger partial charge is 0.430 e. The van der Waals surface area contributed by atoms with Gasteiger partial charge in [0.2, 0.25) is 16.1 Å². The highest BCUT2D eigenvalue weighted by atomic mass is 32.2. The fourth-order valence-corrected chi connectivity index (χ4v) is 3.92. The Balaban J connectivity index is 2.75. The molecule has 2 rings (SSSR count). The van der Waals surface area contributed by atoms with E-state index >= 15 is 0 Å². The maximum Gasteiger partial charge on any atom is 0.430 e. The number of benzene rings is 1. The van der Waals surface area contributed by atoms with Crippen molar-refractivity contribution in [3.05, 3.63) is 35.4 Å². The van der Waals surface area contributed by atoms with E-state index in [9.17, 15) is 31.5 Å². The first-order valence-corrected chi connectivity index (χ1v) is 8.73. The maximum atomic E-state index is 13.3. The van der Waals surface area contributed by atoms with Crippen molar-refractivity contribution in [2.24, 2.45) is 5.92 Å². The summed E-state index contributed by atoms with van der Waals surface area (Å²) in [5.41, 5.74) is -1.58. The Morgan fingerprint density at radius 3 is 2.44 bits per heavy atom. The molecule has 0 saturated heterocycles. The van der Waals surface area contributed by atoms with E-state index < -0.39 is 38.8 Å². The summed E-state index contributed by atoms with van der Waals surface area (Å²) in [7, 11) is -4.51. The van der Waals surface area contributed by atoms with Gasteiger partial charge in [-0.2, -0.15) is 13.2 Å². The second-order valence-electron chi connectivity index (χ2n) is 5.83. The SMILES string of the molecule is CC(C)CNS(=O)(=O)C1=C(C(=O)O)C(C(F)(F)F)Oc2ccccc21. The van der Waals surface area contributed by atoms with Crippen molar-refractivity contribution in [1.82, 2.24) is 4.72 Å². The second kappa shape index (κ2) is 6.68. The third kappa shape index (κ3) is 3.96. The number of alkyl halides is 3. The number of hydrogen-bond donors (Lipinski definition) is 2. The van der Waals surface area contributed by atoms with Gasteiger partial charge in [-0.1, -0.05) is 26.0 Å². The van der Waals surface area contributed by atoms with Gasteiger partial charge in [-0.3, -0.25) is 0 Å². The van der Waals surface area contributed by atoms with Crippen LogP contribution in [-0.4, -0.2) is 38.3 Å². The first-order valence-electron chi connectivity index (χ1n) is 7.25. The molecule has 0 aromatic heterocycles. The van der Waals surface area contributed by atoms with Gasteiger partial charge >= 0.3 is 12.1 Å². The number of para-hydroxylation sites is 1. The molecule has 1 aliphatic rings. The first kappa shape index (κ1) is 19.3. The molecular formula is C15H16F3NO5S. The minimum absolute atomic E-state index is 0.0571. The molecule has 0 fully saturated rings. The normalized spacial score (nSPS) is 18.1. The zero-order chi connectivity index (χ0) is 19.0. The summed E-state index contributed by atoms with van der Waals surface area (Å²) in [5, 5.41) is 9.28. The minimum Gasteiger partial charge on any atom is -0.478 e. The third-order valence-electron chi connectivity index (χ3n) is 3.36. The van der Waals surface area contributed by atoms with Gasteiger partial charge in [0, 0.05) is 12.1 Å². The lowest BCUT2D eigenvalue weighted by molar-refractivity contribution is -0.187. The number of sulfonamides is 1. The fourth-order valence-electron chi connectivity index (χ4n) is 2.28. The number of carbonyl (C=O) groups is 1.